The zero-order chi connectivity index (χ0) is 31.8. The van der Waals surface area contributed by atoms with E-state index in [0.717, 1.165) is 0 Å². The largest absolute Gasteiger partial charge is 0.481 e. The van der Waals surface area contributed by atoms with Gasteiger partial charge >= 0.3 is 17.9 Å². The van der Waals surface area contributed by atoms with Crippen LogP contribution in [0.3, 0.4) is 0 Å². The van der Waals surface area contributed by atoms with Crippen LogP contribution in [0.4, 0.5) is 0 Å². The highest BCUT2D eigenvalue weighted by atomic mass is 16.4. The predicted octanol–water partition coefficient (Wildman–Crippen LogP) is -3.89. The maximum Gasteiger partial charge on any atom is 0.305 e. The molecule has 0 aromatic carbocycles. The molecule has 0 unspecified atom stereocenters. The van der Waals surface area contributed by atoms with Crippen LogP contribution < -0.4 is 38.1 Å². The summed E-state index contributed by atoms with van der Waals surface area (Å²) in [4.78, 5) is 99.8. The van der Waals surface area contributed by atoms with Gasteiger partial charge in [0.25, 0.3) is 0 Å². The van der Waals surface area contributed by atoms with Crippen molar-refractivity contribution in [2.45, 2.75) is 88.0 Å². The fourth-order valence-electron chi connectivity index (χ4n) is 4.04. The van der Waals surface area contributed by atoms with Crippen molar-refractivity contribution in [1.82, 2.24) is 26.6 Å². The molecule has 1 aliphatic rings. The van der Waals surface area contributed by atoms with Crippen LogP contribution in [0.2, 0.25) is 0 Å². The van der Waals surface area contributed by atoms with E-state index in [0.29, 0.717) is 25.7 Å². The summed E-state index contributed by atoms with van der Waals surface area (Å²) in [6.07, 6.45) is -1.34. The number of hydrogen-bond donors (Lipinski definition) is 10. The molecule has 0 saturated carbocycles. The molecule has 18 heteroatoms. The maximum absolute atomic E-state index is 13.3. The Balaban J connectivity index is 3.60. The lowest BCUT2D eigenvalue weighted by atomic mass is 10.0. The first-order chi connectivity index (χ1) is 19.8. The first kappa shape index (κ1) is 35.7. The van der Waals surface area contributed by atoms with Gasteiger partial charge in [0.15, 0.2) is 0 Å². The van der Waals surface area contributed by atoms with Gasteiger partial charge < -0.3 is 53.4 Å². The first-order valence-electron chi connectivity index (χ1n) is 13.4. The molecule has 0 aromatic heterocycles. The summed E-state index contributed by atoms with van der Waals surface area (Å²) in [5, 5.41) is 39.1. The van der Waals surface area contributed by atoms with Crippen LogP contribution in [0.15, 0.2) is 0 Å². The van der Waals surface area contributed by atoms with Crippen molar-refractivity contribution in [2.24, 2.45) is 11.5 Å². The molecule has 12 N–H and O–H groups in total. The second kappa shape index (κ2) is 18.2. The number of unbranched alkanes of at least 4 members (excludes halogenated alkanes) is 2. The summed E-state index contributed by atoms with van der Waals surface area (Å²) < 4.78 is 0. The van der Waals surface area contributed by atoms with E-state index in [9.17, 15) is 53.7 Å². The van der Waals surface area contributed by atoms with Crippen molar-refractivity contribution in [2.75, 3.05) is 13.1 Å². The Morgan fingerprint density at radius 1 is 0.476 bits per heavy atom. The second-order valence-corrected chi connectivity index (χ2v) is 9.67. The molecule has 0 spiro atoms. The summed E-state index contributed by atoms with van der Waals surface area (Å²) in [7, 11) is 0. The minimum atomic E-state index is -1.89. The highest BCUT2D eigenvalue weighted by Gasteiger charge is 2.36. The number of carbonyl (C=O) groups excluding carboxylic acids is 5. The van der Waals surface area contributed by atoms with Crippen LogP contribution in [-0.2, 0) is 38.4 Å². The van der Waals surface area contributed by atoms with Gasteiger partial charge in [0.05, 0.1) is 19.3 Å². The van der Waals surface area contributed by atoms with Crippen LogP contribution in [-0.4, -0.2) is 106 Å². The van der Waals surface area contributed by atoms with Gasteiger partial charge in [-0.3, -0.25) is 38.4 Å². The van der Waals surface area contributed by atoms with Gasteiger partial charge in [-0.25, -0.2) is 0 Å². The lowest BCUT2D eigenvalue weighted by molar-refractivity contribution is -0.144. The number of nitrogens with one attached hydrogen (secondary N) is 5. The Bertz CT molecular complexity index is 1000. The summed E-state index contributed by atoms with van der Waals surface area (Å²) in [5.74, 6) is -10.0. The molecule has 236 valence electrons. The van der Waals surface area contributed by atoms with Crippen LogP contribution in [0.1, 0.15) is 57.8 Å². The van der Waals surface area contributed by atoms with Crippen molar-refractivity contribution in [1.29, 1.82) is 0 Å². The molecule has 1 saturated heterocycles. The Labute approximate surface area is 240 Å². The molecule has 5 amide bonds. The fraction of sp³-hybridized carbons (Fsp3) is 0.667. The molecular weight excluding hydrogens is 562 g/mol. The minimum Gasteiger partial charge on any atom is -0.481 e. The number of carboxylic acids is 3. The van der Waals surface area contributed by atoms with E-state index in [1.807, 2.05) is 5.32 Å². The summed E-state index contributed by atoms with van der Waals surface area (Å²) in [5.41, 5.74) is 11.0. The van der Waals surface area contributed by atoms with Gasteiger partial charge in [-0.15, -0.1) is 0 Å². The van der Waals surface area contributed by atoms with Crippen molar-refractivity contribution < 1.29 is 53.7 Å². The van der Waals surface area contributed by atoms with E-state index in [1.54, 1.807) is 0 Å². The molecule has 1 rings (SSSR count). The lowest BCUT2D eigenvalue weighted by Crippen LogP contribution is -2.58. The van der Waals surface area contributed by atoms with Crippen molar-refractivity contribution in [3.05, 3.63) is 0 Å². The number of rotatable bonds is 14. The van der Waals surface area contributed by atoms with Gasteiger partial charge in [0.2, 0.25) is 29.5 Å². The number of nitrogens with two attached hydrogens (primary N) is 2. The van der Waals surface area contributed by atoms with Crippen molar-refractivity contribution in [3.8, 4) is 0 Å². The third-order valence-corrected chi connectivity index (χ3v) is 6.19. The Morgan fingerprint density at radius 3 is 0.952 bits per heavy atom. The molecule has 0 radical (unpaired) electrons. The first-order valence-corrected chi connectivity index (χ1v) is 13.4. The van der Waals surface area contributed by atoms with E-state index in [-0.39, 0.29) is 25.9 Å². The van der Waals surface area contributed by atoms with Crippen LogP contribution in [0, 0.1) is 0 Å². The van der Waals surface area contributed by atoms with Crippen molar-refractivity contribution in [3.63, 3.8) is 0 Å². The summed E-state index contributed by atoms with van der Waals surface area (Å²) in [6, 6.07) is -8.10. The number of amides is 5. The zero-order valence-electron chi connectivity index (χ0n) is 22.9. The van der Waals surface area contributed by atoms with Gasteiger partial charge in [-0.05, 0) is 51.6 Å². The quantitative estimate of drug-likeness (QED) is 0.0852. The average Bonchev–Trinajstić information content (AvgIpc) is 2.89. The molecule has 1 heterocycles. The smallest absolute Gasteiger partial charge is 0.305 e. The van der Waals surface area contributed by atoms with Gasteiger partial charge in [-0.1, -0.05) is 0 Å². The Hall–Kier alpha value is -4.32. The Morgan fingerprint density at radius 2 is 0.714 bits per heavy atom. The number of hydrogen-bond acceptors (Lipinski definition) is 10. The molecule has 18 nitrogen and oxygen atoms in total. The second-order valence-electron chi connectivity index (χ2n) is 9.67. The SMILES string of the molecule is NCCCC[C@@H]1NC(=O)[C@H](CCCCN)NC(=O)[C@H](CC(=O)O)NC(=O)[C@H](CC(=O)O)NC(=O)[C@H](CC(=O)O)NC1=O. The molecular formula is C24H39N7O11. The highest BCUT2D eigenvalue weighted by Crippen LogP contribution is 2.09. The fourth-order valence-corrected chi connectivity index (χ4v) is 4.04. The van der Waals surface area contributed by atoms with E-state index in [1.165, 1.54) is 0 Å². The molecule has 1 aliphatic heterocycles. The monoisotopic (exact) mass is 601 g/mol. The molecule has 1 fully saturated rings. The van der Waals surface area contributed by atoms with Gasteiger partial charge in [0, 0.05) is 0 Å². The van der Waals surface area contributed by atoms with E-state index in [4.69, 9.17) is 11.5 Å². The van der Waals surface area contributed by atoms with E-state index < -0.39 is 96.9 Å². The highest BCUT2D eigenvalue weighted by molar-refractivity contribution is 6.00. The van der Waals surface area contributed by atoms with Crippen LogP contribution >= 0.6 is 0 Å². The molecule has 0 bridgehead atoms. The molecule has 5 atom stereocenters. The zero-order valence-corrected chi connectivity index (χ0v) is 22.9. The topological polar surface area (TPSA) is 309 Å². The standard InChI is InChI=1S/C24H39N7O11/c25-7-3-1-5-12-20(38)27-13(6-2-4-8-26)21(39)29-15(10-18(34)35)23(41)31-16(11-19(36)37)24(42)30-14(9-17(32)33)22(40)28-12/h12-16H,1-11,25-26H2,(H,27,38)(H,28,40)(H,29,39)(H,30,42)(H,31,41)(H,32,33)(H,34,35)(H,36,37)/t12-,13-,14-,15-,16-/m0/s1. The normalized spacial score (nSPS) is 24.1. The number of carboxylic acid groups (broad SMARTS) is 3. The van der Waals surface area contributed by atoms with Crippen LogP contribution in [0.25, 0.3) is 0 Å². The predicted molar refractivity (Wildman–Crippen MR) is 142 cm³/mol. The lowest BCUT2D eigenvalue weighted by Gasteiger charge is -2.25. The van der Waals surface area contributed by atoms with E-state index >= 15 is 0 Å². The Kier molecular flexibility index (Phi) is 15.5. The average molecular weight is 602 g/mol. The van der Waals surface area contributed by atoms with E-state index in [2.05, 4.69) is 21.3 Å². The number of carbonyl (C=O) groups is 8. The third kappa shape index (κ3) is 12.9. The maximum atomic E-state index is 13.3. The number of aliphatic carboxylic acids is 3. The summed E-state index contributed by atoms with van der Waals surface area (Å²) >= 11 is 0. The molecule has 0 aliphatic carbocycles. The third-order valence-electron chi connectivity index (χ3n) is 6.19. The van der Waals surface area contributed by atoms with Crippen molar-refractivity contribution >= 4 is 47.4 Å². The van der Waals surface area contributed by atoms with Gasteiger partial charge in [-0.2, -0.15) is 0 Å². The summed E-state index contributed by atoms with van der Waals surface area (Å²) in [6.45, 7) is 0.530. The molecule has 42 heavy (non-hydrogen) atoms. The molecule has 0 aromatic rings. The van der Waals surface area contributed by atoms with Gasteiger partial charge in [0.1, 0.15) is 30.2 Å². The van der Waals surface area contributed by atoms with Crippen LogP contribution in [0.5, 0.6) is 0 Å². The minimum absolute atomic E-state index is 0.0168.